The van der Waals surface area contributed by atoms with Gasteiger partial charge in [-0.3, -0.25) is 4.79 Å². The summed E-state index contributed by atoms with van der Waals surface area (Å²) in [6, 6.07) is 3.03. The van der Waals surface area contributed by atoms with E-state index in [4.69, 9.17) is 21.1 Å². The van der Waals surface area contributed by atoms with Crippen molar-refractivity contribution in [2.24, 2.45) is 0 Å². The Kier molecular flexibility index (Phi) is 7.35. The molecule has 0 unspecified atom stereocenters. The van der Waals surface area contributed by atoms with Crippen molar-refractivity contribution in [2.75, 3.05) is 20.3 Å². The van der Waals surface area contributed by atoms with E-state index in [1.54, 1.807) is 19.9 Å². The zero-order chi connectivity index (χ0) is 18.3. The van der Waals surface area contributed by atoms with Crippen LogP contribution in [0.1, 0.15) is 44.5 Å². The number of rotatable bonds is 8. The number of ether oxygens (including phenoxy) is 3. The molecule has 1 amide bonds. The van der Waals surface area contributed by atoms with E-state index in [0.29, 0.717) is 24.7 Å². The molecule has 0 aromatic heterocycles. The van der Waals surface area contributed by atoms with E-state index in [-0.39, 0.29) is 10.6 Å². The lowest BCUT2D eigenvalue weighted by atomic mass is 10.0. The molecule has 0 radical (unpaired) electrons. The zero-order valence-electron chi connectivity index (χ0n) is 14.7. The van der Waals surface area contributed by atoms with Crippen LogP contribution in [0.15, 0.2) is 12.1 Å². The number of benzene rings is 1. The van der Waals surface area contributed by atoms with Gasteiger partial charge in [0.1, 0.15) is 5.54 Å². The smallest absolute Gasteiger partial charge is 0.330 e. The van der Waals surface area contributed by atoms with Crippen molar-refractivity contribution in [1.82, 2.24) is 5.32 Å². The number of carbonyl (C=O) groups excluding carboxylic acids is 2. The highest BCUT2D eigenvalue weighted by molar-refractivity contribution is 6.32. The van der Waals surface area contributed by atoms with Crippen LogP contribution in [0, 0.1) is 0 Å². The summed E-state index contributed by atoms with van der Waals surface area (Å²) in [6.07, 6.45) is 0.817. The minimum absolute atomic E-state index is 0.268. The zero-order valence-corrected chi connectivity index (χ0v) is 15.5. The van der Waals surface area contributed by atoms with Gasteiger partial charge in [-0.1, -0.05) is 18.5 Å². The fraction of sp³-hybridized carbons (Fsp3) is 0.529. The van der Waals surface area contributed by atoms with E-state index in [9.17, 15) is 9.59 Å². The third kappa shape index (κ3) is 5.03. The molecule has 0 aliphatic rings. The van der Waals surface area contributed by atoms with Gasteiger partial charge >= 0.3 is 5.97 Å². The summed E-state index contributed by atoms with van der Waals surface area (Å²) >= 11 is 6.23. The molecule has 0 fully saturated rings. The van der Waals surface area contributed by atoms with E-state index < -0.39 is 17.4 Å². The summed E-state index contributed by atoms with van der Waals surface area (Å²) < 4.78 is 15.8. The van der Waals surface area contributed by atoms with E-state index >= 15 is 0 Å². The maximum absolute atomic E-state index is 12.4. The van der Waals surface area contributed by atoms with Gasteiger partial charge in [0.25, 0.3) is 5.91 Å². The van der Waals surface area contributed by atoms with Crippen LogP contribution < -0.4 is 14.8 Å². The van der Waals surface area contributed by atoms with Crippen LogP contribution in [0.2, 0.25) is 5.02 Å². The number of amides is 1. The molecule has 7 heteroatoms. The minimum Gasteiger partial charge on any atom is -0.490 e. The topological polar surface area (TPSA) is 73.9 Å². The number of halogens is 1. The van der Waals surface area contributed by atoms with E-state index in [1.165, 1.54) is 13.2 Å². The van der Waals surface area contributed by atoms with Crippen molar-refractivity contribution < 1.29 is 23.8 Å². The summed E-state index contributed by atoms with van der Waals surface area (Å²) in [5, 5.41) is 2.89. The fourth-order valence-electron chi connectivity index (χ4n) is 1.97. The van der Waals surface area contributed by atoms with E-state index in [1.807, 2.05) is 13.8 Å². The summed E-state index contributed by atoms with van der Waals surface area (Å²) in [5.41, 5.74) is -0.897. The Labute approximate surface area is 147 Å². The van der Waals surface area contributed by atoms with Gasteiger partial charge in [0, 0.05) is 5.56 Å². The first-order valence-corrected chi connectivity index (χ1v) is 8.14. The summed E-state index contributed by atoms with van der Waals surface area (Å²) in [4.78, 5) is 24.1. The predicted octanol–water partition coefficient (Wildman–Crippen LogP) is 3.21. The number of hydrogen-bond donors (Lipinski definition) is 1. The number of nitrogens with one attached hydrogen (secondary N) is 1. The number of hydrogen-bond acceptors (Lipinski definition) is 5. The number of esters is 1. The molecule has 6 nitrogen and oxygen atoms in total. The van der Waals surface area contributed by atoms with E-state index in [2.05, 4.69) is 10.1 Å². The molecule has 1 rings (SSSR count). The van der Waals surface area contributed by atoms with Gasteiger partial charge in [-0.25, -0.2) is 4.79 Å². The SMILES string of the molecule is CCCOc1c(Cl)cc(C(=O)NC(C)(C)C(=O)OC)cc1OCC. The van der Waals surface area contributed by atoms with Crippen LogP contribution in [0.3, 0.4) is 0 Å². The maximum Gasteiger partial charge on any atom is 0.330 e. The van der Waals surface area contributed by atoms with Crippen LogP contribution in [-0.4, -0.2) is 37.7 Å². The molecule has 134 valence electrons. The molecule has 0 heterocycles. The van der Waals surface area contributed by atoms with Gasteiger partial charge in [0.05, 0.1) is 25.3 Å². The molecular formula is C17H24ClNO5. The largest absolute Gasteiger partial charge is 0.490 e. The van der Waals surface area contributed by atoms with Crippen LogP contribution in [0.4, 0.5) is 0 Å². The normalized spacial score (nSPS) is 10.9. The van der Waals surface area contributed by atoms with Crippen molar-refractivity contribution in [3.8, 4) is 11.5 Å². The molecule has 0 spiro atoms. The second kappa shape index (κ2) is 8.78. The Bertz CT molecular complexity index is 601. The van der Waals surface area contributed by atoms with Crippen molar-refractivity contribution in [3.63, 3.8) is 0 Å². The molecule has 1 aromatic rings. The van der Waals surface area contributed by atoms with Gasteiger partial charge in [-0.2, -0.15) is 0 Å². The Morgan fingerprint density at radius 2 is 1.88 bits per heavy atom. The highest BCUT2D eigenvalue weighted by Gasteiger charge is 2.31. The highest BCUT2D eigenvalue weighted by Crippen LogP contribution is 2.37. The van der Waals surface area contributed by atoms with Gasteiger partial charge in [0.2, 0.25) is 0 Å². The van der Waals surface area contributed by atoms with Gasteiger partial charge in [-0.15, -0.1) is 0 Å². The van der Waals surface area contributed by atoms with Crippen LogP contribution in [-0.2, 0) is 9.53 Å². The minimum atomic E-state index is -1.17. The standard InChI is InChI=1S/C17H24ClNO5/c1-6-8-24-14-12(18)9-11(10-13(14)23-7-2)15(20)19-17(3,4)16(21)22-5/h9-10H,6-8H2,1-5H3,(H,19,20). The summed E-state index contributed by atoms with van der Waals surface area (Å²) in [6.45, 7) is 7.80. The molecule has 0 bridgehead atoms. The Morgan fingerprint density at radius 3 is 2.42 bits per heavy atom. The molecule has 24 heavy (non-hydrogen) atoms. The first-order chi connectivity index (χ1) is 11.3. The molecule has 0 aliphatic carbocycles. The highest BCUT2D eigenvalue weighted by atomic mass is 35.5. The molecule has 1 N–H and O–H groups in total. The van der Waals surface area contributed by atoms with Crippen LogP contribution in [0.25, 0.3) is 0 Å². The van der Waals surface area contributed by atoms with Gasteiger partial charge in [-0.05, 0) is 39.3 Å². The van der Waals surface area contributed by atoms with Crippen LogP contribution >= 0.6 is 11.6 Å². The molecule has 1 aromatic carbocycles. The average Bonchev–Trinajstić information content (AvgIpc) is 2.52. The first kappa shape index (κ1) is 20.1. The van der Waals surface area contributed by atoms with Crippen LogP contribution in [0.5, 0.6) is 11.5 Å². The lowest BCUT2D eigenvalue weighted by molar-refractivity contribution is -0.146. The molecule has 0 saturated carbocycles. The van der Waals surface area contributed by atoms with Crippen molar-refractivity contribution in [2.45, 2.75) is 39.7 Å². The quantitative estimate of drug-likeness (QED) is 0.723. The maximum atomic E-state index is 12.4. The number of carbonyl (C=O) groups is 2. The van der Waals surface area contributed by atoms with Gasteiger partial charge < -0.3 is 19.5 Å². The van der Waals surface area contributed by atoms with Crippen molar-refractivity contribution in [3.05, 3.63) is 22.7 Å². The molecule has 0 atom stereocenters. The van der Waals surface area contributed by atoms with E-state index in [0.717, 1.165) is 6.42 Å². The molecule has 0 aliphatic heterocycles. The van der Waals surface area contributed by atoms with Gasteiger partial charge in [0.15, 0.2) is 11.5 Å². The Hall–Kier alpha value is -1.95. The lowest BCUT2D eigenvalue weighted by Crippen LogP contribution is -2.50. The molecule has 0 saturated heterocycles. The monoisotopic (exact) mass is 357 g/mol. The summed E-state index contributed by atoms with van der Waals surface area (Å²) in [5.74, 6) is -0.214. The third-order valence-electron chi connectivity index (χ3n) is 3.14. The second-order valence-electron chi connectivity index (χ2n) is 5.64. The summed E-state index contributed by atoms with van der Waals surface area (Å²) in [7, 11) is 1.26. The Balaban J connectivity index is 3.11. The average molecular weight is 358 g/mol. The lowest BCUT2D eigenvalue weighted by Gasteiger charge is -2.23. The fourth-order valence-corrected chi connectivity index (χ4v) is 2.23. The number of methoxy groups -OCH3 is 1. The first-order valence-electron chi connectivity index (χ1n) is 7.76. The predicted molar refractivity (Wildman–Crippen MR) is 92.0 cm³/mol. The molecular weight excluding hydrogens is 334 g/mol. The van der Waals surface area contributed by atoms with Crippen molar-refractivity contribution >= 4 is 23.5 Å². The third-order valence-corrected chi connectivity index (χ3v) is 3.42. The van der Waals surface area contributed by atoms with Crippen molar-refractivity contribution in [1.29, 1.82) is 0 Å². The Morgan fingerprint density at radius 1 is 1.21 bits per heavy atom. The second-order valence-corrected chi connectivity index (χ2v) is 6.04.